The third-order valence-corrected chi connectivity index (χ3v) is 6.93. The highest BCUT2D eigenvalue weighted by atomic mass is 16.6. The molecule has 5 aromatic rings. The fourth-order valence-electron chi connectivity index (χ4n) is 5.03. The molecule has 0 spiro atoms. The van der Waals surface area contributed by atoms with Gasteiger partial charge < -0.3 is 15.2 Å². The number of benzene rings is 4. The number of nitrogens with one attached hydrogen (secondary N) is 1. The summed E-state index contributed by atoms with van der Waals surface area (Å²) in [5.74, 6) is -0.737. The van der Waals surface area contributed by atoms with Crippen LogP contribution in [-0.4, -0.2) is 49.0 Å². The fraction of sp³-hybridized carbons (Fsp3) is 0.206. The second-order valence-corrected chi connectivity index (χ2v) is 11.1. The largest absolute Gasteiger partial charge is 0.480 e. The van der Waals surface area contributed by atoms with E-state index in [1.165, 1.54) is 0 Å². The number of carbonyl (C=O) groups excluding carboxylic acids is 1. The van der Waals surface area contributed by atoms with Crippen LogP contribution in [0, 0.1) is 0 Å². The van der Waals surface area contributed by atoms with Gasteiger partial charge in [0.25, 0.3) is 0 Å². The maximum absolute atomic E-state index is 12.2. The van der Waals surface area contributed by atoms with Crippen LogP contribution in [-0.2, 0) is 21.5 Å². The van der Waals surface area contributed by atoms with Crippen molar-refractivity contribution in [2.45, 2.75) is 44.4 Å². The van der Waals surface area contributed by atoms with Gasteiger partial charge in [0.05, 0.1) is 0 Å². The van der Waals surface area contributed by atoms with E-state index in [-0.39, 0.29) is 6.42 Å². The van der Waals surface area contributed by atoms with Crippen LogP contribution in [0.25, 0.3) is 11.4 Å². The lowest BCUT2D eigenvalue weighted by Gasteiger charge is -2.34. The van der Waals surface area contributed by atoms with Crippen LogP contribution in [0.5, 0.6) is 0 Å². The van der Waals surface area contributed by atoms with Gasteiger partial charge in [-0.05, 0) is 48.2 Å². The first kappa shape index (κ1) is 29.2. The van der Waals surface area contributed by atoms with Gasteiger partial charge in [0.1, 0.15) is 11.6 Å². The summed E-state index contributed by atoms with van der Waals surface area (Å²) in [7, 11) is 0. The number of rotatable bonds is 9. The van der Waals surface area contributed by atoms with Gasteiger partial charge in [-0.1, -0.05) is 115 Å². The number of hydrogen-bond acceptors (Lipinski definition) is 6. The lowest BCUT2D eigenvalue weighted by molar-refractivity contribution is -0.139. The summed E-state index contributed by atoms with van der Waals surface area (Å²) in [5.41, 5.74) is 2.73. The summed E-state index contributed by atoms with van der Waals surface area (Å²) in [6.45, 7) is 5.15. The zero-order chi connectivity index (χ0) is 30.5. The number of aromatic nitrogens is 4. The van der Waals surface area contributed by atoms with Crippen LogP contribution in [0.4, 0.5) is 4.79 Å². The molecule has 9 nitrogen and oxygen atoms in total. The molecule has 0 fully saturated rings. The minimum absolute atomic E-state index is 0.0775. The third kappa shape index (κ3) is 6.46. The Hall–Kier alpha value is -5.31. The van der Waals surface area contributed by atoms with Crippen LogP contribution in [0.15, 0.2) is 115 Å². The predicted octanol–water partition coefficient (Wildman–Crippen LogP) is 5.70. The quantitative estimate of drug-likeness (QED) is 0.216. The molecule has 0 aliphatic rings. The third-order valence-electron chi connectivity index (χ3n) is 6.93. The molecule has 1 atom stereocenters. The zero-order valence-electron chi connectivity index (χ0n) is 24.2. The number of carboxylic acids is 1. The molecule has 0 radical (unpaired) electrons. The Bertz CT molecular complexity index is 1570. The molecule has 5 rings (SSSR count). The average Bonchev–Trinajstić information content (AvgIpc) is 3.49. The molecule has 0 unspecified atom stereocenters. The topological polar surface area (TPSA) is 119 Å². The smallest absolute Gasteiger partial charge is 0.408 e. The molecule has 218 valence electrons. The first-order valence-corrected chi connectivity index (χ1v) is 14.0. The fourth-order valence-corrected chi connectivity index (χ4v) is 5.03. The maximum Gasteiger partial charge on any atom is 0.408 e. The van der Waals surface area contributed by atoms with Crippen LogP contribution in [0.3, 0.4) is 0 Å². The number of alkyl carbamates (subject to hydrolysis) is 1. The molecule has 1 amide bonds. The molecule has 9 heteroatoms. The highest BCUT2D eigenvalue weighted by molar-refractivity contribution is 5.80. The Morgan fingerprint density at radius 2 is 1.28 bits per heavy atom. The van der Waals surface area contributed by atoms with Crippen LogP contribution in [0.1, 0.15) is 43.0 Å². The van der Waals surface area contributed by atoms with E-state index in [2.05, 4.69) is 52.0 Å². The van der Waals surface area contributed by atoms with E-state index < -0.39 is 29.2 Å². The first-order valence-electron chi connectivity index (χ1n) is 14.0. The molecule has 1 heterocycles. The molecule has 43 heavy (non-hydrogen) atoms. The lowest BCUT2D eigenvalue weighted by Crippen LogP contribution is -2.44. The van der Waals surface area contributed by atoms with Crippen molar-refractivity contribution < 1.29 is 19.4 Å². The van der Waals surface area contributed by atoms with Crippen molar-refractivity contribution in [3.63, 3.8) is 0 Å². The van der Waals surface area contributed by atoms with Crippen molar-refractivity contribution in [2.75, 3.05) is 0 Å². The van der Waals surface area contributed by atoms with E-state index in [1.54, 1.807) is 37.7 Å². The molecular formula is C34H33N5O4. The highest BCUT2D eigenvalue weighted by Gasteiger charge is 2.41. The second-order valence-electron chi connectivity index (χ2n) is 11.1. The van der Waals surface area contributed by atoms with Gasteiger partial charge in [-0.3, -0.25) is 0 Å². The first-order chi connectivity index (χ1) is 20.7. The number of carbonyl (C=O) groups is 2. The zero-order valence-corrected chi connectivity index (χ0v) is 24.2. The van der Waals surface area contributed by atoms with Gasteiger partial charge in [0.2, 0.25) is 5.82 Å². The van der Waals surface area contributed by atoms with Crippen LogP contribution in [0.2, 0.25) is 0 Å². The summed E-state index contributed by atoms with van der Waals surface area (Å²) in [5, 5.41) is 26.0. The van der Waals surface area contributed by atoms with Gasteiger partial charge in [0.15, 0.2) is 5.54 Å². The van der Waals surface area contributed by atoms with E-state index in [9.17, 15) is 14.7 Å². The normalized spacial score (nSPS) is 12.3. The summed E-state index contributed by atoms with van der Waals surface area (Å²) in [4.78, 5) is 25.7. The number of nitrogens with zero attached hydrogens (tertiary/aromatic N) is 4. The van der Waals surface area contributed by atoms with E-state index in [0.717, 1.165) is 16.7 Å². The minimum Gasteiger partial charge on any atom is -0.480 e. The molecule has 0 aliphatic carbocycles. The Labute approximate surface area is 250 Å². The summed E-state index contributed by atoms with van der Waals surface area (Å²) in [6, 6.07) is 36.3. The van der Waals surface area contributed by atoms with E-state index in [4.69, 9.17) is 9.84 Å². The average molecular weight is 576 g/mol. The number of aliphatic carboxylic acids is 1. The molecular weight excluding hydrogens is 542 g/mol. The number of hydrogen-bond donors (Lipinski definition) is 2. The molecule has 4 aromatic carbocycles. The standard InChI is InChI=1S/C34H33N5O4/c1-33(2,3)43-32(42)35-29(31(40)41)23-24-19-21-25(22-20-24)30-36-38-39(37-30)34(26-13-7-4-8-14-26,27-15-9-5-10-16-27)28-17-11-6-12-18-28/h4-22,29H,23H2,1-3H3,(H,35,42)(H,40,41)/t29-/m0/s1. The number of tetrazole rings is 1. The van der Waals surface area contributed by atoms with Gasteiger partial charge in [-0.25, -0.2) is 9.59 Å². The molecule has 1 aromatic heterocycles. The van der Waals surface area contributed by atoms with Crippen molar-refractivity contribution >= 4 is 12.1 Å². The van der Waals surface area contributed by atoms with Crippen molar-refractivity contribution in [1.29, 1.82) is 0 Å². The molecule has 0 saturated heterocycles. The van der Waals surface area contributed by atoms with Crippen molar-refractivity contribution in [2.24, 2.45) is 0 Å². The lowest BCUT2D eigenvalue weighted by atomic mass is 9.77. The van der Waals surface area contributed by atoms with Crippen LogP contribution < -0.4 is 5.32 Å². The van der Waals surface area contributed by atoms with E-state index in [1.807, 2.05) is 66.7 Å². The van der Waals surface area contributed by atoms with Gasteiger partial charge in [-0.2, -0.15) is 0 Å². The van der Waals surface area contributed by atoms with Crippen molar-refractivity contribution in [3.8, 4) is 11.4 Å². The van der Waals surface area contributed by atoms with Gasteiger partial charge >= 0.3 is 12.1 Å². The molecule has 0 bridgehead atoms. The molecule has 0 saturated carbocycles. The predicted molar refractivity (Wildman–Crippen MR) is 162 cm³/mol. The molecule has 2 N–H and O–H groups in total. The Balaban J connectivity index is 1.48. The number of ether oxygens (including phenoxy) is 1. The monoisotopic (exact) mass is 575 g/mol. The molecule has 0 aliphatic heterocycles. The van der Waals surface area contributed by atoms with E-state index >= 15 is 0 Å². The second kappa shape index (κ2) is 12.3. The SMILES string of the molecule is CC(C)(C)OC(=O)N[C@@H](Cc1ccc(-c2nnn(C(c3ccccc3)(c3ccccc3)c3ccccc3)n2)cc1)C(=O)O. The summed E-state index contributed by atoms with van der Waals surface area (Å²) >= 11 is 0. The summed E-state index contributed by atoms with van der Waals surface area (Å²) in [6.07, 6.45) is -0.704. The highest BCUT2D eigenvalue weighted by Crippen LogP contribution is 2.39. The van der Waals surface area contributed by atoms with Crippen molar-refractivity contribution in [1.82, 2.24) is 25.5 Å². The number of amides is 1. The Kier molecular flexibility index (Phi) is 8.34. The minimum atomic E-state index is -1.15. The van der Waals surface area contributed by atoms with Crippen LogP contribution >= 0.6 is 0 Å². The Morgan fingerprint density at radius 1 is 0.791 bits per heavy atom. The maximum atomic E-state index is 12.2. The van der Waals surface area contributed by atoms with Gasteiger partial charge in [0, 0.05) is 12.0 Å². The summed E-state index contributed by atoms with van der Waals surface area (Å²) < 4.78 is 5.22. The number of carboxylic acid groups (broad SMARTS) is 1. The van der Waals surface area contributed by atoms with Gasteiger partial charge in [-0.15, -0.1) is 15.0 Å². The Morgan fingerprint density at radius 3 is 1.72 bits per heavy atom. The van der Waals surface area contributed by atoms with Crippen molar-refractivity contribution in [3.05, 3.63) is 138 Å². The van der Waals surface area contributed by atoms with E-state index in [0.29, 0.717) is 17.0 Å².